The third kappa shape index (κ3) is 7.48. The van der Waals surface area contributed by atoms with E-state index in [1.807, 2.05) is 6.07 Å². The van der Waals surface area contributed by atoms with Crippen molar-refractivity contribution >= 4 is 9.84 Å². The lowest BCUT2D eigenvalue weighted by Gasteiger charge is -2.42. The van der Waals surface area contributed by atoms with Gasteiger partial charge in [-0.1, -0.05) is 78.3 Å². The van der Waals surface area contributed by atoms with Crippen LogP contribution in [0.25, 0.3) is 0 Å². The molecule has 1 aromatic rings. The van der Waals surface area contributed by atoms with Crippen LogP contribution >= 0.6 is 0 Å². The molecule has 3 aliphatic heterocycles. The van der Waals surface area contributed by atoms with E-state index in [2.05, 4.69) is 55.0 Å². The van der Waals surface area contributed by atoms with Gasteiger partial charge in [-0.3, -0.25) is 0 Å². The third-order valence-electron chi connectivity index (χ3n) is 10.8. The standard InChI is InChI=1S/C35H56O5S/c1-9-23(3)18-32-28(8)31(22-41(36,37)30-14-12-11-13-15-30)33(39-32)20-25(5)27(7)24(4)19-29-16-17-34-35(10-2,40-29)21-26(6)38-34/h11-15,23-26,28-29,31-34H,7,9-10,16-22H2,1-6,8H3/t23?,24-,25-,26+,28-,29-,31-,32-,33?,34+,35+/m1/s1. The monoisotopic (exact) mass is 588 g/mol. The molecular formula is C35H56O5S. The van der Waals surface area contributed by atoms with Crippen molar-refractivity contribution in [2.75, 3.05) is 5.75 Å². The highest BCUT2D eigenvalue weighted by atomic mass is 32.2. The molecule has 0 aliphatic carbocycles. The molecule has 5 nitrogen and oxygen atoms in total. The molecule has 0 spiro atoms. The molecule has 3 aliphatic rings. The molecule has 0 N–H and O–H groups in total. The number of sulfone groups is 1. The van der Waals surface area contributed by atoms with E-state index in [9.17, 15) is 8.42 Å². The Bertz CT molecular complexity index is 1100. The predicted molar refractivity (Wildman–Crippen MR) is 167 cm³/mol. The van der Waals surface area contributed by atoms with Crippen LogP contribution in [0.4, 0.5) is 0 Å². The summed E-state index contributed by atoms with van der Waals surface area (Å²) in [4.78, 5) is 0.407. The Morgan fingerprint density at radius 1 is 0.976 bits per heavy atom. The zero-order valence-corrected chi connectivity index (χ0v) is 27.5. The van der Waals surface area contributed by atoms with Crippen molar-refractivity contribution in [1.29, 1.82) is 0 Å². The van der Waals surface area contributed by atoms with Gasteiger partial charge in [-0.2, -0.15) is 0 Å². The summed E-state index contributed by atoms with van der Waals surface area (Å²) >= 11 is 0. The van der Waals surface area contributed by atoms with Gasteiger partial charge in [0.2, 0.25) is 0 Å². The zero-order chi connectivity index (χ0) is 29.9. The Kier molecular flexibility index (Phi) is 10.9. The Hall–Kier alpha value is -1.21. The second-order valence-corrected chi connectivity index (χ2v) is 15.8. The Labute approximate surface area is 250 Å². The van der Waals surface area contributed by atoms with Gasteiger partial charge in [-0.25, -0.2) is 8.42 Å². The van der Waals surface area contributed by atoms with Crippen LogP contribution in [0.5, 0.6) is 0 Å². The first-order valence-corrected chi connectivity index (χ1v) is 18.0. The summed E-state index contributed by atoms with van der Waals surface area (Å²) in [6.07, 6.45) is 8.65. The first-order chi connectivity index (χ1) is 19.4. The van der Waals surface area contributed by atoms with E-state index < -0.39 is 9.84 Å². The van der Waals surface area contributed by atoms with Gasteiger partial charge in [0.05, 0.1) is 46.8 Å². The second kappa shape index (κ2) is 13.6. The van der Waals surface area contributed by atoms with Crippen LogP contribution in [0, 0.1) is 29.6 Å². The first kappa shape index (κ1) is 32.7. The number of benzene rings is 1. The van der Waals surface area contributed by atoms with Crippen molar-refractivity contribution in [1.82, 2.24) is 0 Å². The molecule has 2 unspecified atom stereocenters. The SMILES string of the molecule is C=C([C@H](C)CC1O[C@H](CC(C)CC)[C@H](C)[C@H]1CS(=O)(=O)c1ccccc1)[C@H](C)C[C@H]1CC[C@@H]2O[C@@H](C)C[C@]2(CC)O1. The van der Waals surface area contributed by atoms with Crippen LogP contribution in [-0.4, -0.2) is 50.3 Å². The lowest BCUT2D eigenvalue weighted by molar-refractivity contribution is -0.170. The predicted octanol–water partition coefficient (Wildman–Crippen LogP) is 8.03. The summed E-state index contributed by atoms with van der Waals surface area (Å²) < 4.78 is 46.6. The van der Waals surface area contributed by atoms with E-state index in [1.54, 1.807) is 24.3 Å². The maximum atomic E-state index is 13.5. The van der Waals surface area contributed by atoms with Gasteiger partial charge in [-0.05, 0) is 81.3 Å². The Morgan fingerprint density at radius 3 is 2.32 bits per heavy atom. The second-order valence-electron chi connectivity index (χ2n) is 13.8. The molecule has 0 saturated carbocycles. The summed E-state index contributed by atoms with van der Waals surface area (Å²) in [6, 6.07) is 8.89. The first-order valence-electron chi connectivity index (χ1n) is 16.3. The molecule has 0 amide bonds. The molecule has 0 aromatic heterocycles. The maximum Gasteiger partial charge on any atom is 0.178 e. The van der Waals surface area contributed by atoms with Crippen LogP contribution < -0.4 is 0 Å². The molecule has 4 rings (SSSR count). The van der Waals surface area contributed by atoms with Gasteiger partial charge in [0.15, 0.2) is 9.84 Å². The molecule has 3 fully saturated rings. The molecule has 0 radical (unpaired) electrons. The van der Waals surface area contributed by atoms with E-state index in [0.717, 1.165) is 51.4 Å². The number of ether oxygens (including phenoxy) is 3. The van der Waals surface area contributed by atoms with Crippen LogP contribution in [0.2, 0.25) is 0 Å². The van der Waals surface area contributed by atoms with Crippen molar-refractivity contribution in [2.45, 2.75) is 141 Å². The smallest absolute Gasteiger partial charge is 0.178 e. The number of rotatable bonds is 13. The summed E-state index contributed by atoms with van der Waals surface area (Å²) in [5.74, 6) is 1.39. The van der Waals surface area contributed by atoms with Crippen molar-refractivity contribution < 1.29 is 22.6 Å². The van der Waals surface area contributed by atoms with E-state index in [-0.39, 0.29) is 59.6 Å². The largest absolute Gasteiger partial charge is 0.374 e. The lowest BCUT2D eigenvalue weighted by Crippen LogP contribution is -2.48. The lowest BCUT2D eigenvalue weighted by atomic mass is 9.79. The fourth-order valence-electron chi connectivity index (χ4n) is 7.77. The minimum Gasteiger partial charge on any atom is -0.374 e. The normalized spacial score (nSPS) is 36.0. The highest BCUT2D eigenvalue weighted by Gasteiger charge is 2.51. The number of hydrogen-bond acceptors (Lipinski definition) is 5. The van der Waals surface area contributed by atoms with E-state index in [0.29, 0.717) is 16.7 Å². The fourth-order valence-corrected chi connectivity index (χ4v) is 9.56. The van der Waals surface area contributed by atoms with Crippen molar-refractivity contribution in [3.05, 3.63) is 42.5 Å². The van der Waals surface area contributed by atoms with Gasteiger partial charge in [-0.15, -0.1) is 0 Å². The molecule has 41 heavy (non-hydrogen) atoms. The molecular weight excluding hydrogens is 532 g/mol. The van der Waals surface area contributed by atoms with Gasteiger partial charge in [0.1, 0.15) is 0 Å². The highest BCUT2D eigenvalue weighted by Crippen LogP contribution is 2.46. The summed E-state index contributed by atoms with van der Waals surface area (Å²) in [5.41, 5.74) is 1.09. The molecule has 1 aromatic carbocycles. The molecule has 0 bridgehead atoms. The van der Waals surface area contributed by atoms with Crippen molar-refractivity contribution in [3.8, 4) is 0 Å². The number of hydrogen-bond donors (Lipinski definition) is 0. The average Bonchev–Trinajstić information content (AvgIpc) is 3.43. The zero-order valence-electron chi connectivity index (χ0n) is 26.7. The summed E-state index contributed by atoms with van der Waals surface area (Å²) in [6.45, 7) is 20.2. The number of allylic oxidation sites excluding steroid dienone is 1. The molecule has 11 atom stereocenters. The van der Waals surface area contributed by atoms with Crippen molar-refractivity contribution in [3.63, 3.8) is 0 Å². The van der Waals surface area contributed by atoms with Crippen molar-refractivity contribution in [2.24, 2.45) is 29.6 Å². The maximum absolute atomic E-state index is 13.5. The fraction of sp³-hybridized carbons (Fsp3) is 0.771. The van der Waals surface area contributed by atoms with Gasteiger partial charge in [0.25, 0.3) is 0 Å². The molecule has 6 heteroatoms. The Balaban J connectivity index is 1.42. The highest BCUT2D eigenvalue weighted by molar-refractivity contribution is 7.91. The minimum atomic E-state index is -3.41. The number of fused-ring (bicyclic) bond motifs is 1. The van der Waals surface area contributed by atoms with E-state index in [4.69, 9.17) is 14.2 Å². The molecule has 232 valence electrons. The van der Waals surface area contributed by atoms with Crippen LogP contribution in [-0.2, 0) is 24.0 Å². The van der Waals surface area contributed by atoms with Gasteiger partial charge < -0.3 is 14.2 Å². The van der Waals surface area contributed by atoms with E-state index >= 15 is 0 Å². The summed E-state index contributed by atoms with van der Waals surface area (Å²) in [7, 11) is -3.41. The topological polar surface area (TPSA) is 61.8 Å². The van der Waals surface area contributed by atoms with Crippen LogP contribution in [0.1, 0.15) is 99.8 Å². The minimum absolute atomic E-state index is 0.0350. The quantitative estimate of drug-likeness (QED) is 0.218. The van der Waals surface area contributed by atoms with E-state index in [1.165, 1.54) is 5.57 Å². The van der Waals surface area contributed by atoms with Crippen LogP contribution in [0.3, 0.4) is 0 Å². The third-order valence-corrected chi connectivity index (χ3v) is 12.6. The molecule has 3 saturated heterocycles. The molecule has 3 heterocycles. The summed E-state index contributed by atoms with van der Waals surface area (Å²) in [5, 5.41) is 0. The van der Waals surface area contributed by atoms with Crippen LogP contribution in [0.15, 0.2) is 47.4 Å². The Morgan fingerprint density at radius 2 is 1.66 bits per heavy atom. The van der Waals surface area contributed by atoms with Gasteiger partial charge >= 0.3 is 0 Å². The average molecular weight is 589 g/mol. The van der Waals surface area contributed by atoms with Gasteiger partial charge in [0, 0.05) is 12.3 Å².